The lowest BCUT2D eigenvalue weighted by Gasteiger charge is -2.07. The van der Waals surface area contributed by atoms with Gasteiger partial charge in [-0.25, -0.2) is 0 Å². The normalized spacial score (nSPS) is 13.4. The maximum atomic E-state index is 12.0. The summed E-state index contributed by atoms with van der Waals surface area (Å²) < 4.78 is 1.13. The second kappa shape index (κ2) is 8.02. The Kier molecular flexibility index (Phi) is 5.78. The summed E-state index contributed by atoms with van der Waals surface area (Å²) in [7, 11) is 0. The van der Waals surface area contributed by atoms with Crippen molar-refractivity contribution in [2.75, 3.05) is 16.4 Å². The summed E-state index contributed by atoms with van der Waals surface area (Å²) in [4.78, 5) is 24.7. The molecule has 0 saturated heterocycles. The molecule has 1 saturated carbocycles. The molecular weight excluding hydrogens is 435 g/mol. The van der Waals surface area contributed by atoms with Gasteiger partial charge in [0.1, 0.15) is 0 Å². The van der Waals surface area contributed by atoms with Crippen molar-refractivity contribution in [3.63, 3.8) is 0 Å². The van der Waals surface area contributed by atoms with E-state index in [2.05, 4.69) is 33.2 Å². The molecule has 1 aliphatic carbocycles. The number of thioether (sulfide) groups is 1. The molecule has 2 aromatic rings. The zero-order valence-corrected chi connectivity index (χ0v) is 15.9. The molecule has 2 N–H and O–H groups in total. The van der Waals surface area contributed by atoms with E-state index in [1.54, 1.807) is 0 Å². The minimum absolute atomic E-state index is 0.0349. The molecule has 2 aromatic carbocycles. The molecule has 124 valence electrons. The molecule has 2 amide bonds. The van der Waals surface area contributed by atoms with Gasteiger partial charge in [-0.05, 0) is 84.0 Å². The lowest BCUT2D eigenvalue weighted by molar-refractivity contribution is -0.117. The van der Waals surface area contributed by atoms with Crippen LogP contribution in [0.5, 0.6) is 0 Å². The van der Waals surface area contributed by atoms with E-state index in [4.69, 9.17) is 0 Å². The fourth-order valence-corrected chi connectivity index (χ4v) is 3.16. The van der Waals surface area contributed by atoms with Gasteiger partial charge in [-0.3, -0.25) is 9.59 Å². The van der Waals surface area contributed by atoms with Crippen molar-refractivity contribution in [2.24, 2.45) is 5.92 Å². The number of halogens is 1. The third kappa shape index (κ3) is 5.24. The number of hydrogen-bond acceptors (Lipinski definition) is 3. The minimum atomic E-state index is -0.0349. The van der Waals surface area contributed by atoms with Crippen molar-refractivity contribution in [1.29, 1.82) is 0 Å². The van der Waals surface area contributed by atoms with Crippen LogP contribution in [0.15, 0.2) is 53.4 Å². The van der Waals surface area contributed by atoms with E-state index < -0.39 is 0 Å². The van der Waals surface area contributed by atoms with Gasteiger partial charge in [-0.2, -0.15) is 0 Å². The van der Waals surface area contributed by atoms with Crippen molar-refractivity contribution in [3.05, 3.63) is 52.1 Å². The molecule has 0 radical (unpaired) electrons. The molecular formula is C18H17IN2O2S. The highest BCUT2D eigenvalue weighted by Gasteiger charge is 2.29. The Morgan fingerprint density at radius 3 is 2.17 bits per heavy atom. The average Bonchev–Trinajstić information content (AvgIpc) is 3.41. The number of carbonyl (C=O) groups excluding carboxylic acids is 2. The van der Waals surface area contributed by atoms with Gasteiger partial charge < -0.3 is 10.6 Å². The Bertz CT molecular complexity index is 728. The van der Waals surface area contributed by atoms with Gasteiger partial charge >= 0.3 is 0 Å². The molecule has 0 aromatic heterocycles. The van der Waals surface area contributed by atoms with Crippen molar-refractivity contribution < 1.29 is 9.59 Å². The third-order valence-corrected chi connectivity index (χ3v) is 5.30. The number of benzene rings is 2. The fraction of sp³-hybridized carbons (Fsp3) is 0.222. The molecule has 24 heavy (non-hydrogen) atoms. The van der Waals surface area contributed by atoms with E-state index in [9.17, 15) is 9.59 Å². The van der Waals surface area contributed by atoms with Gasteiger partial charge in [-0.15, -0.1) is 11.8 Å². The van der Waals surface area contributed by atoms with Crippen LogP contribution in [-0.4, -0.2) is 17.6 Å². The molecule has 0 atom stereocenters. The molecule has 0 spiro atoms. The second-order valence-corrected chi connectivity index (χ2v) is 7.93. The highest BCUT2D eigenvalue weighted by Crippen LogP contribution is 2.30. The third-order valence-electron chi connectivity index (χ3n) is 3.57. The van der Waals surface area contributed by atoms with Gasteiger partial charge in [0.2, 0.25) is 11.8 Å². The largest absolute Gasteiger partial charge is 0.326 e. The highest BCUT2D eigenvalue weighted by atomic mass is 127. The number of amides is 2. The monoisotopic (exact) mass is 452 g/mol. The summed E-state index contributed by atoms with van der Waals surface area (Å²) >= 11 is 3.70. The number of anilines is 2. The first-order valence-electron chi connectivity index (χ1n) is 7.69. The zero-order chi connectivity index (χ0) is 16.9. The molecule has 0 aliphatic heterocycles. The molecule has 6 heteroatoms. The van der Waals surface area contributed by atoms with E-state index in [1.165, 1.54) is 11.8 Å². The van der Waals surface area contributed by atoms with Crippen LogP contribution in [0.3, 0.4) is 0 Å². The lowest BCUT2D eigenvalue weighted by atomic mass is 10.3. The Labute approximate surface area is 158 Å². The average molecular weight is 452 g/mol. The molecule has 0 unspecified atom stereocenters. The van der Waals surface area contributed by atoms with E-state index in [0.717, 1.165) is 32.7 Å². The standard InChI is InChI=1S/C18H17IN2O2S/c19-13-3-5-14(6-4-13)20-17(22)11-24-16-9-7-15(8-10-16)21-18(23)12-1-2-12/h3-10,12H,1-2,11H2,(H,20,22)(H,21,23). The first kappa shape index (κ1) is 17.3. The van der Waals surface area contributed by atoms with Crippen molar-refractivity contribution >= 4 is 57.5 Å². The number of nitrogens with one attached hydrogen (secondary N) is 2. The van der Waals surface area contributed by atoms with Gasteiger partial charge in [-0.1, -0.05) is 0 Å². The van der Waals surface area contributed by atoms with Crippen LogP contribution in [0.25, 0.3) is 0 Å². The summed E-state index contributed by atoms with van der Waals surface area (Å²) in [5, 5.41) is 5.78. The molecule has 1 aliphatic rings. The van der Waals surface area contributed by atoms with E-state index in [0.29, 0.717) is 5.75 Å². The predicted molar refractivity (Wildman–Crippen MR) is 106 cm³/mol. The first-order chi connectivity index (χ1) is 11.6. The zero-order valence-electron chi connectivity index (χ0n) is 12.9. The Morgan fingerprint density at radius 1 is 0.958 bits per heavy atom. The SMILES string of the molecule is O=C(CSc1ccc(NC(=O)C2CC2)cc1)Nc1ccc(I)cc1. The minimum Gasteiger partial charge on any atom is -0.326 e. The van der Waals surface area contributed by atoms with Gasteiger partial charge in [0.05, 0.1) is 5.75 Å². The number of hydrogen-bond donors (Lipinski definition) is 2. The maximum absolute atomic E-state index is 12.0. The smallest absolute Gasteiger partial charge is 0.234 e. The second-order valence-electron chi connectivity index (χ2n) is 5.63. The van der Waals surface area contributed by atoms with Crippen LogP contribution in [0.4, 0.5) is 11.4 Å². The number of rotatable bonds is 6. The van der Waals surface area contributed by atoms with E-state index >= 15 is 0 Å². The van der Waals surface area contributed by atoms with E-state index in [-0.39, 0.29) is 17.7 Å². The molecule has 3 rings (SSSR count). The molecule has 0 heterocycles. The maximum Gasteiger partial charge on any atom is 0.234 e. The molecule has 4 nitrogen and oxygen atoms in total. The quantitative estimate of drug-likeness (QED) is 0.506. The summed E-state index contributed by atoms with van der Waals surface area (Å²) in [5.41, 5.74) is 1.61. The van der Waals surface area contributed by atoms with Crippen LogP contribution >= 0.6 is 34.4 Å². The van der Waals surface area contributed by atoms with Gasteiger partial charge in [0.15, 0.2) is 0 Å². The Morgan fingerprint density at radius 2 is 1.54 bits per heavy atom. The molecule has 1 fully saturated rings. The summed E-state index contributed by atoms with van der Waals surface area (Å²) in [5.74, 6) is 0.614. The number of carbonyl (C=O) groups is 2. The summed E-state index contributed by atoms with van der Waals surface area (Å²) in [6, 6.07) is 15.3. The van der Waals surface area contributed by atoms with Crippen LogP contribution in [0, 0.1) is 9.49 Å². The Balaban J connectivity index is 1.46. The highest BCUT2D eigenvalue weighted by molar-refractivity contribution is 14.1. The molecule has 0 bridgehead atoms. The van der Waals surface area contributed by atoms with Crippen LogP contribution in [0.2, 0.25) is 0 Å². The van der Waals surface area contributed by atoms with Crippen molar-refractivity contribution in [2.45, 2.75) is 17.7 Å². The topological polar surface area (TPSA) is 58.2 Å². The van der Waals surface area contributed by atoms with E-state index in [1.807, 2.05) is 48.5 Å². The summed E-state index contributed by atoms with van der Waals surface area (Å²) in [6.45, 7) is 0. The van der Waals surface area contributed by atoms with Gasteiger partial charge in [0.25, 0.3) is 0 Å². The Hall–Kier alpha value is -1.54. The predicted octanol–water partition coefficient (Wildman–Crippen LogP) is 4.37. The summed E-state index contributed by atoms with van der Waals surface area (Å²) in [6.07, 6.45) is 1.99. The fourth-order valence-electron chi connectivity index (χ4n) is 2.10. The lowest BCUT2D eigenvalue weighted by Crippen LogP contribution is -2.14. The first-order valence-corrected chi connectivity index (χ1v) is 9.76. The van der Waals surface area contributed by atoms with Crippen LogP contribution in [0.1, 0.15) is 12.8 Å². The van der Waals surface area contributed by atoms with Crippen LogP contribution < -0.4 is 10.6 Å². The van der Waals surface area contributed by atoms with Crippen LogP contribution in [-0.2, 0) is 9.59 Å². The van der Waals surface area contributed by atoms with Gasteiger partial charge in [0, 0.05) is 25.8 Å². The van der Waals surface area contributed by atoms with Crippen molar-refractivity contribution in [1.82, 2.24) is 0 Å². The van der Waals surface area contributed by atoms with Crippen molar-refractivity contribution in [3.8, 4) is 0 Å².